The number of aromatic nitrogens is 3. The van der Waals surface area contributed by atoms with E-state index in [-0.39, 0.29) is 5.82 Å². The molecule has 28 heavy (non-hydrogen) atoms. The summed E-state index contributed by atoms with van der Waals surface area (Å²) in [6.07, 6.45) is 0. The van der Waals surface area contributed by atoms with Crippen molar-refractivity contribution in [2.45, 2.75) is 17.3 Å². The molecule has 7 nitrogen and oxygen atoms in total. The third-order valence-corrected chi connectivity index (χ3v) is 4.99. The minimum atomic E-state index is -0.603. The topological polar surface area (TPSA) is 88.9 Å². The van der Waals surface area contributed by atoms with Crippen molar-refractivity contribution < 1.29 is 14.0 Å². The molecule has 0 aliphatic rings. The number of nitrogens with one attached hydrogen (secondary N) is 2. The van der Waals surface area contributed by atoms with Crippen LogP contribution in [-0.2, 0) is 11.8 Å². The molecule has 1 aromatic heterocycles. The van der Waals surface area contributed by atoms with Crippen molar-refractivity contribution in [2.24, 2.45) is 7.05 Å². The van der Waals surface area contributed by atoms with Crippen LogP contribution in [0.15, 0.2) is 59.8 Å². The lowest BCUT2D eigenvalue weighted by Gasteiger charge is -2.11. The normalized spacial score (nSPS) is 11.7. The van der Waals surface area contributed by atoms with Gasteiger partial charge in [-0.1, -0.05) is 30.0 Å². The minimum absolute atomic E-state index is 0.334. The van der Waals surface area contributed by atoms with E-state index in [1.165, 1.54) is 23.9 Å². The molecule has 0 fully saturated rings. The fraction of sp³-hybridized carbons (Fsp3) is 0.158. The van der Waals surface area contributed by atoms with E-state index in [2.05, 4.69) is 20.8 Å². The van der Waals surface area contributed by atoms with Crippen LogP contribution >= 0.6 is 11.8 Å². The molecule has 0 saturated carbocycles. The van der Waals surface area contributed by atoms with Gasteiger partial charge >= 0.3 is 6.03 Å². The molecule has 144 valence electrons. The fourth-order valence-electron chi connectivity index (χ4n) is 2.38. The van der Waals surface area contributed by atoms with E-state index in [0.717, 1.165) is 0 Å². The number of hydrogen-bond acceptors (Lipinski definition) is 5. The Morgan fingerprint density at radius 3 is 2.43 bits per heavy atom. The van der Waals surface area contributed by atoms with Gasteiger partial charge in [-0.3, -0.25) is 10.1 Å². The van der Waals surface area contributed by atoms with Crippen LogP contribution in [0.25, 0.3) is 11.4 Å². The third-order valence-electron chi connectivity index (χ3n) is 3.86. The van der Waals surface area contributed by atoms with Crippen LogP contribution in [0.5, 0.6) is 0 Å². The first-order valence-electron chi connectivity index (χ1n) is 8.43. The van der Waals surface area contributed by atoms with Gasteiger partial charge in [-0.05, 0) is 43.3 Å². The number of anilines is 1. The lowest BCUT2D eigenvalue weighted by molar-refractivity contribution is -0.119. The van der Waals surface area contributed by atoms with Gasteiger partial charge in [-0.25, -0.2) is 9.18 Å². The van der Waals surface area contributed by atoms with Gasteiger partial charge in [0, 0.05) is 18.3 Å². The zero-order valence-electron chi connectivity index (χ0n) is 15.2. The summed E-state index contributed by atoms with van der Waals surface area (Å²) in [4.78, 5) is 24.2. The van der Waals surface area contributed by atoms with Gasteiger partial charge in [0.25, 0.3) is 0 Å². The Hall–Kier alpha value is -3.20. The molecule has 0 saturated heterocycles. The lowest BCUT2D eigenvalue weighted by Crippen LogP contribution is -2.38. The molecule has 0 aliphatic heterocycles. The van der Waals surface area contributed by atoms with Crippen LogP contribution < -0.4 is 10.6 Å². The summed E-state index contributed by atoms with van der Waals surface area (Å²) in [5.74, 6) is -0.235. The quantitative estimate of drug-likeness (QED) is 0.642. The SMILES string of the molecule is CC(Sc1nnc(-c2ccc(F)cc2)n1C)C(=O)NC(=O)Nc1ccccc1. The summed E-state index contributed by atoms with van der Waals surface area (Å²) in [5, 5.41) is 13.0. The minimum Gasteiger partial charge on any atom is -0.308 e. The second kappa shape index (κ2) is 8.66. The predicted molar refractivity (Wildman–Crippen MR) is 105 cm³/mol. The van der Waals surface area contributed by atoms with Crippen molar-refractivity contribution in [2.75, 3.05) is 5.32 Å². The van der Waals surface area contributed by atoms with Crippen molar-refractivity contribution in [1.29, 1.82) is 0 Å². The van der Waals surface area contributed by atoms with Crippen LogP contribution in [0.1, 0.15) is 6.92 Å². The smallest absolute Gasteiger partial charge is 0.308 e. The highest BCUT2D eigenvalue weighted by molar-refractivity contribution is 8.00. The first-order valence-corrected chi connectivity index (χ1v) is 9.31. The summed E-state index contributed by atoms with van der Waals surface area (Å²) in [7, 11) is 1.76. The summed E-state index contributed by atoms with van der Waals surface area (Å²) in [6, 6.07) is 14.1. The highest BCUT2D eigenvalue weighted by Crippen LogP contribution is 2.25. The molecule has 0 aliphatic carbocycles. The summed E-state index contributed by atoms with van der Waals surface area (Å²) < 4.78 is 14.8. The predicted octanol–water partition coefficient (Wildman–Crippen LogP) is 3.45. The van der Waals surface area contributed by atoms with Crippen molar-refractivity contribution in [3.05, 3.63) is 60.4 Å². The number of nitrogens with zero attached hydrogens (tertiary/aromatic N) is 3. The Balaban J connectivity index is 1.61. The molecule has 0 bridgehead atoms. The van der Waals surface area contributed by atoms with Crippen molar-refractivity contribution in [1.82, 2.24) is 20.1 Å². The molecule has 2 N–H and O–H groups in total. The van der Waals surface area contributed by atoms with E-state index in [1.807, 2.05) is 6.07 Å². The lowest BCUT2D eigenvalue weighted by atomic mass is 10.2. The first kappa shape index (κ1) is 19.6. The molecular weight excluding hydrogens is 381 g/mol. The van der Waals surface area contributed by atoms with E-state index >= 15 is 0 Å². The Kier molecular flexibility index (Phi) is 6.05. The van der Waals surface area contributed by atoms with Gasteiger partial charge in [0.1, 0.15) is 5.82 Å². The number of carbonyl (C=O) groups is 2. The first-order chi connectivity index (χ1) is 13.4. The summed E-state index contributed by atoms with van der Waals surface area (Å²) >= 11 is 1.17. The Morgan fingerprint density at radius 1 is 1.07 bits per heavy atom. The van der Waals surface area contributed by atoms with E-state index < -0.39 is 17.2 Å². The number of imide groups is 1. The average molecular weight is 399 g/mol. The maximum absolute atomic E-state index is 13.1. The number of urea groups is 1. The molecule has 1 unspecified atom stereocenters. The molecule has 3 rings (SSSR count). The standard InChI is InChI=1S/C19H18FN5O2S/c1-12(17(26)22-18(27)21-15-6-4-3-5-7-15)28-19-24-23-16(25(19)2)13-8-10-14(20)11-9-13/h3-12H,1-2H3,(H2,21,22,26,27). The number of amides is 3. The molecule has 3 aromatic rings. The van der Waals surface area contributed by atoms with Crippen LogP contribution in [0.2, 0.25) is 0 Å². The number of thioether (sulfide) groups is 1. The molecule has 1 atom stereocenters. The Labute approximate surface area is 165 Å². The third kappa shape index (κ3) is 4.74. The number of hydrogen-bond donors (Lipinski definition) is 2. The van der Waals surface area contributed by atoms with Crippen molar-refractivity contribution in [3.8, 4) is 11.4 Å². The number of benzene rings is 2. The van der Waals surface area contributed by atoms with Crippen LogP contribution in [-0.4, -0.2) is 32.0 Å². The van der Waals surface area contributed by atoms with E-state index in [9.17, 15) is 14.0 Å². The zero-order valence-corrected chi connectivity index (χ0v) is 16.0. The maximum Gasteiger partial charge on any atom is 0.325 e. The van der Waals surface area contributed by atoms with Gasteiger partial charge in [0.2, 0.25) is 5.91 Å². The van der Waals surface area contributed by atoms with Gasteiger partial charge in [-0.15, -0.1) is 10.2 Å². The number of halogens is 1. The van der Waals surface area contributed by atoms with Gasteiger partial charge in [0.05, 0.1) is 5.25 Å². The molecule has 9 heteroatoms. The van der Waals surface area contributed by atoms with Gasteiger partial charge in [-0.2, -0.15) is 0 Å². The number of carbonyl (C=O) groups excluding carboxylic acids is 2. The molecule has 0 spiro atoms. The molecule has 3 amide bonds. The highest BCUT2D eigenvalue weighted by atomic mass is 32.2. The number of para-hydroxylation sites is 1. The zero-order chi connectivity index (χ0) is 20.1. The average Bonchev–Trinajstić information content (AvgIpc) is 3.03. The molecule has 1 heterocycles. The van der Waals surface area contributed by atoms with Crippen LogP contribution in [0, 0.1) is 5.82 Å². The van der Waals surface area contributed by atoms with Crippen molar-refractivity contribution >= 4 is 29.4 Å². The van der Waals surface area contributed by atoms with Crippen molar-refractivity contribution in [3.63, 3.8) is 0 Å². The van der Waals surface area contributed by atoms with Crippen LogP contribution in [0.3, 0.4) is 0 Å². The highest BCUT2D eigenvalue weighted by Gasteiger charge is 2.21. The maximum atomic E-state index is 13.1. The van der Waals surface area contributed by atoms with E-state index in [1.54, 1.807) is 54.9 Å². The molecular formula is C19H18FN5O2S. The Morgan fingerprint density at radius 2 is 1.75 bits per heavy atom. The second-order valence-corrected chi connectivity index (χ2v) is 7.25. The second-order valence-electron chi connectivity index (χ2n) is 5.94. The monoisotopic (exact) mass is 399 g/mol. The number of rotatable bonds is 5. The van der Waals surface area contributed by atoms with Gasteiger partial charge in [0.15, 0.2) is 11.0 Å². The van der Waals surface area contributed by atoms with Crippen LogP contribution in [0.4, 0.5) is 14.9 Å². The largest absolute Gasteiger partial charge is 0.325 e. The van der Waals surface area contributed by atoms with E-state index in [4.69, 9.17) is 0 Å². The molecule has 0 radical (unpaired) electrons. The Bertz CT molecular complexity index is 976. The van der Waals surface area contributed by atoms with E-state index in [0.29, 0.717) is 22.2 Å². The summed E-state index contributed by atoms with van der Waals surface area (Å²) in [6.45, 7) is 1.67. The van der Waals surface area contributed by atoms with Gasteiger partial charge < -0.3 is 9.88 Å². The summed E-state index contributed by atoms with van der Waals surface area (Å²) in [5.41, 5.74) is 1.30. The molecule has 2 aromatic carbocycles. The fourth-order valence-corrected chi connectivity index (χ4v) is 3.19.